The van der Waals surface area contributed by atoms with Crippen LogP contribution in [0.25, 0.3) is 0 Å². The van der Waals surface area contributed by atoms with Crippen molar-refractivity contribution in [3.63, 3.8) is 0 Å². The van der Waals surface area contributed by atoms with Crippen LogP contribution >= 0.6 is 34.8 Å². The zero-order valence-corrected chi connectivity index (χ0v) is 13.8. The number of nitrogens with one attached hydrogen (secondary N) is 2. The summed E-state index contributed by atoms with van der Waals surface area (Å²) >= 11 is 17.5. The summed E-state index contributed by atoms with van der Waals surface area (Å²) in [5.41, 5.74) is 3.02. The van der Waals surface area contributed by atoms with Crippen molar-refractivity contribution >= 4 is 58.5 Å². The van der Waals surface area contributed by atoms with Gasteiger partial charge in [-0.15, -0.1) is 0 Å². The molecule has 8 heteroatoms. The average molecular weight is 371 g/mol. The predicted molar refractivity (Wildman–Crippen MR) is 92.3 cm³/mol. The predicted octanol–water partition coefficient (Wildman–Crippen LogP) is 3.74. The number of rotatable bonds is 3. The molecule has 2 N–H and O–H groups in total. The summed E-state index contributed by atoms with van der Waals surface area (Å²) in [6.07, 6.45) is 1.36. The molecule has 0 radical (unpaired) electrons. The molecule has 0 atom stereocenters. The van der Waals surface area contributed by atoms with Gasteiger partial charge in [-0.3, -0.25) is 9.59 Å². The Balaban J connectivity index is 1.95. The molecule has 5 nitrogen and oxygen atoms in total. The topological polar surface area (TPSA) is 70.6 Å². The van der Waals surface area contributed by atoms with E-state index in [4.69, 9.17) is 34.8 Å². The molecule has 0 spiro atoms. The van der Waals surface area contributed by atoms with Crippen molar-refractivity contribution < 1.29 is 9.59 Å². The first-order valence-electron chi connectivity index (χ1n) is 6.31. The van der Waals surface area contributed by atoms with Crippen LogP contribution in [0.3, 0.4) is 0 Å². The fraction of sp³-hybridized carbons (Fsp3) is 0. The molecule has 2 aromatic carbocycles. The Kier molecular flexibility index (Phi) is 5.98. The minimum absolute atomic E-state index is 0.234. The summed E-state index contributed by atoms with van der Waals surface area (Å²) in [5.74, 6) is -1.86. The van der Waals surface area contributed by atoms with Gasteiger partial charge in [0.25, 0.3) is 0 Å². The Bertz CT molecular complexity index is 778. The number of halogens is 3. The van der Waals surface area contributed by atoms with E-state index in [9.17, 15) is 9.59 Å². The van der Waals surface area contributed by atoms with E-state index in [2.05, 4.69) is 15.8 Å². The second-order valence-corrected chi connectivity index (χ2v) is 5.61. The number of hydrazone groups is 1. The first kappa shape index (κ1) is 17.3. The number of carbonyl (C=O) groups excluding carboxylic acids is 2. The van der Waals surface area contributed by atoms with Gasteiger partial charge in [0, 0.05) is 10.0 Å². The molecule has 118 valence electrons. The number of anilines is 1. The molecule has 2 rings (SSSR count). The third kappa shape index (κ3) is 5.25. The summed E-state index contributed by atoms with van der Waals surface area (Å²) < 4.78 is 0. The standard InChI is InChI=1S/C15H10Cl3N3O2/c16-10-3-1-2-9(6-10)8-19-21-15(23)14(22)20-13-7-11(17)4-5-12(13)18/h1-8H,(H,20,22)(H,21,23)/b19-8+. The Morgan fingerprint density at radius 2 is 1.70 bits per heavy atom. The molecule has 0 saturated heterocycles. The first-order chi connectivity index (χ1) is 11.0. The number of amides is 2. The molecule has 0 unspecified atom stereocenters. The van der Waals surface area contributed by atoms with Gasteiger partial charge < -0.3 is 5.32 Å². The van der Waals surface area contributed by atoms with Crippen molar-refractivity contribution in [1.29, 1.82) is 0 Å². The highest BCUT2D eigenvalue weighted by molar-refractivity contribution is 6.42. The smallest absolute Gasteiger partial charge is 0.316 e. The SMILES string of the molecule is O=C(N/N=C/c1cccc(Cl)c1)C(=O)Nc1cc(Cl)ccc1Cl. The summed E-state index contributed by atoms with van der Waals surface area (Å²) in [7, 11) is 0. The fourth-order valence-electron chi connectivity index (χ4n) is 1.58. The molecule has 23 heavy (non-hydrogen) atoms. The second-order valence-electron chi connectivity index (χ2n) is 4.33. The lowest BCUT2D eigenvalue weighted by molar-refractivity contribution is -0.136. The van der Waals surface area contributed by atoms with Crippen LogP contribution in [0.4, 0.5) is 5.69 Å². The summed E-state index contributed by atoms with van der Waals surface area (Å²) in [4.78, 5) is 23.4. The van der Waals surface area contributed by atoms with Crippen LogP contribution in [-0.2, 0) is 9.59 Å². The molecule has 0 aliphatic heterocycles. The van der Waals surface area contributed by atoms with Crippen molar-refractivity contribution in [1.82, 2.24) is 5.43 Å². The van der Waals surface area contributed by atoms with Crippen LogP contribution in [0.5, 0.6) is 0 Å². The zero-order valence-electron chi connectivity index (χ0n) is 11.5. The van der Waals surface area contributed by atoms with Crippen LogP contribution in [0, 0.1) is 0 Å². The molecule has 0 fully saturated rings. The maximum Gasteiger partial charge on any atom is 0.329 e. The van der Waals surface area contributed by atoms with Gasteiger partial charge in [0.05, 0.1) is 16.9 Å². The van der Waals surface area contributed by atoms with E-state index in [1.165, 1.54) is 18.3 Å². The van der Waals surface area contributed by atoms with Gasteiger partial charge in [0.1, 0.15) is 0 Å². The van der Waals surface area contributed by atoms with Crippen LogP contribution in [0.1, 0.15) is 5.56 Å². The van der Waals surface area contributed by atoms with Gasteiger partial charge in [0.15, 0.2) is 0 Å². The molecule has 2 amide bonds. The van der Waals surface area contributed by atoms with Gasteiger partial charge in [-0.25, -0.2) is 5.43 Å². The third-order valence-corrected chi connectivity index (χ3v) is 3.41. The molecular weight excluding hydrogens is 361 g/mol. The van der Waals surface area contributed by atoms with Crippen molar-refractivity contribution in [3.05, 3.63) is 63.1 Å². The van der Waals surface area contributed by atoms with Crippen LogP contribution in [0.2, 0.25) is 15.1 Å². The summed E-state index contributed by atoms with van der Waals surface area (Å²) in [5, 5.41) is 7.21. The highest BCUT2D eigenvalue weighted by atomic mass is 35.5. The highest BCUT2D eigenvalue weighted by Crippen LogP contribution is 2.25. The fourth-order valence-corrected chi connectivity index (χ4v) is 2.11. The van der Waals surface area contributed by atoms with Crippen LogP contribution < -0.4 is 10.7 Å². The van der Waals surface area contributed by atoms with E-state index in [0.29, 0.717) is 15.6 Å². The summed E-state index contributed by atoms with van der Waals surface area (Å²) in [6.45, 7) is 0. The van der Waals surface area contributed by atoms with Gasteiger partial charge in [-0.05, 0) is 35.9 Å². The number of nitrogens with zero attached hydrogens (tertiary/aromatic N) is 1. The lowest BCUT2D eigenvalue weighted by atomic mass is 10.2. The van der Waals surface area contributed by atoms with Crippen molar-refractivity contribution in [2.24, 2.45) is 5.10 Å². The maximum atomic E-state index is 11.8. The van der Waals surface area contributed by atoms with Crippen LogP contribution in [-0.4, -0.2) is 18.0 Å². The Morgan fingerprint density at radius 1 is 0.957 bits per heavy atom. The monoisotopic (exact) mass is 369 g/mol. The van der Waals surface area contributed by atoms with E-state index in [1.807, 2.05) is 0 Å². The van der Waals surface area contributed by atoms with E-state index in [0.717, 1.165) is 0 Å². The normalized spacial score (nSPS) is 10.6. The largest absolute Gasteiger partial charge is 0.329 e. The Morgan fingerprint density at radius 3 is 2.43 bits per heavy atom. The summed E-state index contributed by atoms with van der Waals surface area (Å²) in [6, 6.07) is 11.4. The van der Waals surface area contributed by atoms with E-state index < -0.39 is 11.8 Å². The Labute approximate surface area is 147 Å². The lowest BCUT2D eigenvalue weighted by Gasteiger charge is -2.06. The Hall–Kier alpha value is -2.08. The minimum atomic E-state index is -0.945. The molecule has 0 saturated carbocycles. The molecule has 0 aliphatic rings. The zero-order chi connectivity index (χ0) is 16.8. The van der Waals surface area contributed by atoms with Crippen molar-refractivity contribution in [2.75, 3.05) is 5.32 Å². The number of carbonyl (C=O) groups is 2. The highest BCUT2D eigenvalue weighted by Gasteiger charge is 2.14. The second kappa shape index (κ2) is 7.97. The molecular formula is C15H10Cl3N3O2. The third-order valence-electron chi connectivity index (χ3n) is 2.61. The van der Waals surface area contributed by atoms with Gasteiger partial charge in [-0.2, -0.15) is 5.10 Å². The molecule has 2 aromatic rings. The first-order valence-corrected chi connectivity index (χ1v) is 7.44. The van der Waals surface area contributed by atoms with Crippen LogP contribution in [0.15, 0.2) is 47.6 Å². The number of hydrogen-bond acceptors (Lipinski definition) is 3. The molecule has 0 bridgehead atoms. The van der Waals surface area contributed by atoms with E-state index in [-0.39, 0.29) is 10.7 Å². The van der Waals surface area contributed by atoms with Gasteiger partial charge in [0.2, 0.25) is 0 Å². The van der Waals surface area contributed by atoms with Crippen molar-refractivity contribution in [2.45, 2.75) is 0 Å². The maximum absolute atomic E-state index is 11.8. The van der Waals surface area contributed by atoms with Crippen molar-refractivity contribution in [3.8, 4) is 0 Å². The van der Waals surface area contributed by atoms with Gasteiger partial charge in [-0.1, -0.05) is 46.9 Å². The molecule has 0 aliphatic carbocycles. The quantitative estimate of drug-likeness (QED) is 0.491. The minimum Gasteiger partial charge on any atom is -0.316 e. The molecule has 0 aromatic heterocycles. The van der Waals surface area contributed by atoms with E-state index in [1.54, 1.807) is 30.3 Å². The average Bonchev–Trinajstić information content (AvgIpc) is 2.51. The number of hydrogen-bond donors (Lipinski definition) is 2. The molecule has 0 heterocycles. The van der Waals surface area contributed by atoms with E-state index >= 15 is 0 Å². The number of benzene rings is 2. The lowest BCUT2D eigenvalue weighted by Crippen LogP contribution is -2.32. The van der Waals surface area contributed by atoms with Gasteiger partial charge >= 0.3 is 11.8 Å².